The molecule has 0 amide bonds. The summed E-state index contributed by atoms with van der Waals surface area (Å²) in [7, 11) is 0. The highest BCUT2D eigenvalue weighted by molar-refractivity contribution is 6.24. The maximum absolute atomic E-state index is 5.28. The van der Waals surface area contributed by atoms with E-state index in [0.29, 0.717) is 0 Å². The fraction of sp³-hybridized carbons (Fsp3) is 0.0455. The Hall–Kier alpha value is -6.26. The lowest BCUT2D eigenvalue weighted by Gasteiger charge is -2.15. The van der Waals surface area contributed by atoms with E-state index in [1.54, 1.807) is 0 Å². The summed E-state index contributed by atoms with van der Waals surface area (Å²) < 4.78 is 4.85. The number of hydrogen-bond donors (Lipinski definition) is 0. The van der Waals surface area contributed by atoms with Crippen molar-refractivity contribution >= 4 is 49.6 Å². The molecular weight excluding hydrogens is 585 g/mol. The summed E-state index contributed by atoms with van der Waals surface area (Å²) in [5.74, 6) is 1.61. The number of aromatic nitrogens is 4. The van der Waals surface area contributed by atoms with Gasteiger partial charge in [-0.15, -0.1) is 0 Å². The minimum absolute atomic E-state index is 0.725. The van der Waals surface area contributed by atoms with Gasteiger partial charge in [-0.2, -0.15) is 0 Å². The maximum Gasteiger partial charge on any atom is 0.162 e. The molecule has 0 aliphatic heterocycles. The van der Waals surface area contributed by atoms with Crippen molar-refractivity contribution in [2.24, 2.45) is 0 Å². The zero-order valence-corrected chi connectivity index (χ0v) is 26.2. The number of rotatable bonds is 4. The lowest BCUT2D eigenvalue weighted by Crippen LogP contribution is -2.07. The molecule has 4 heteroatoms. The molecule has 9 aromatic rings. The molecule has 10 rings (SSSR count). The summed E-state index contributed by atoms with van der Waals surface area (Å²) in [6, 6.07) is 51.6. The van der Waals surface area contributed by atoms with Crippen LogP contribution in [0.4, 0.5) is 0 Å². The molecule has 4 nitrogen and oxygen atoms in total. The Labute approximate surface area is 277 Å². The van der Waals surface area contributed by atoms with E-state index in [-0.39, 0.29) is 0 Å². The van der Waals surface area contributed by atoms with Crippen LogP contribution in [0.2, 0.25) is 0 Å². The number of para-hydroxylation sites is 1. The molecule has 0 bridgehead atoms. The number of allylic oxidation sites excluding steroid dienone is 1. The number of nitrogens with zero attached hydrogens (tertiary/aromatic N) is 4. The van der Waals surface area contributed by atoms with Gasteiger partial charge in [-0.3, -0.25) is 4.57 Å². The van der Waals surface area contributed by atoms with Gasteiger partial charge in [-0.25, -0.2) is 9.97 Å². The van der Waals surface area contributed by atoms with E-state index in [0.717, 1.165) is 46.8 Å². The van der Waals surface area contributed by atoms with Gasteiger partial charge in [0.05, 0.1) is 27.9 Å². The van der Waals surface area contributed by atoms with Crippen LogP contribution in [-0.4, -0.2) is 19.1 Å². The Kier molecular flexibility index (Phi) is 5.97. The van der Waals surface area contributed by atoms with Gasteiger partial charge < -0.3 is 4.57 Å². The first-order valence-corrected chi connectivity index (χ1v) is 16.6. The summed E-state index contributed by atoms with van der Waals surface area (Å²) in [5.41, 5.74) is 10.3. The molecule has 0 spiro atoms. The summed E-state index contributed by atoms with van der Waals surface area (Å²) in [4.78, 5) is 10.4. The van der Waals surface area contributed by atoms with Gasteiger partial charge in [0.25, 0.3) is 0 Å². The van der Waals surface area contributed by atoms with E-state index < -0.39 is 0 Å². The third kappa shape index (κ3) is 4.02. The second-order valence-electron chi connectivity index (χ2n) is 12.5. The average Bonchev–Trinajstić information content (AvgIpc) is 3.68. The van der Waals surface area contributed by atoms with Crippen LogP contribution >= 0.6 is 0 Å². The predicted molar refractivity (Wildman–Crippen MR) is 199 cm³/mol. The molecule has 3 heterocycles. The third-order valence-corrected chi connectivity index (χ3v) is 9.79. The molecule has 0 radical (unpaired) electrons. The second kappa shape index (κ2) is 10.6. The first-order valence-electron chi connectivity index (χ1n) is 16.6. The molecule has 48 heavy (non-hydrogen) atoms. The van der Waals surface area contributed by atoms with Gasteiger partial charge in [-0.1, -0.05) is 127 Å². The Balaban J connectivity index is 1.31. The first kappa shape index (κ1) is 26.9. The smallest absolute Gasteiger partial charge is 0.162 e. The van der Waals surface area contributed by atoms with Crippen molar-refractivity contribution in [1.82, 2.24) is 19.1 Å². The molecule has 0 saturated carbocycles. The first-order chi connectivity index (χ1) is 23.8. The van der Waals surface area contributed by atoms with Crippen LogP contribution in [0.5, 0.6) is 0 Å². The van der Waals surface area contributed by atoms with E-state index in [2.05, 4.69) is 143 Å². The molecule has 1 aliphatic carbocycles. The van der Waals surface area contributed by atoms with Crippen molar-refractivity contribution in [1.29, 1.82) is 0 Å². The van der Waals surface area contributed by atoms with E-state index >= 15 is 0 Å². The Morgan fingerprint density at radius 3 is 2.04 bits per heavy atom. The summed E-state index contributed by atoms with van der Waals surface area (Å²) >= 11 is 0. The lowest BCUT2D eigenvalue weighted by atomic mass is 9.99. The Bertz CT molecular complexity index is 2650. The molecule has 1 aliphatic rings. The van der Waals surface area contributed by atoms with Crippen LogP contribution < -0.4 is 0 Å². The van der Waals surface area contributed by atoms with Gasteiger partial charge in [0, 0.05) is 50.0 Å². The molecule has 0 N–H and O–H groups in total. The fourth-order valence-corrected chi connectivity index (χ4v) is 7.71. The quantitative estimate of drug-likeness (QED) is 0.198. The van der Waals surface area contributed by atoms with Crippen molar-refractivity contribution in [3.05, 3.63) is 163 Å². The van der Waals surface area contributed by atoms with Crippen LogP contribution in [0, 0.1) is 0 Å². The summed E-state index contributed by atoms with van der Waals surface area (Å²) in [6.07, 6.45) is 6.58. The zero-order valence-electron chi connectivity index (χ0n) is 26.2. The second-order valence-corrected chi connectivity index (χ2v) is 12.5. The van der Waals surface area contributed by atoms with Crippen molar-refractivity contribution in [3.8, 4) is 34.2 Å². The molecule has 226 valence electrons. The van der Waals surface area contributed by atoms with Gasteiger partial charge >= 0.3 is 0 Å². The topological polar surface area (TPSA) is 35.6 Å². The van der Waals surface area contributed by atoms with Crippen molar-refractivity contribution in [3.63, 3.8) is 0 Å². The molecule has 0 saturated heterocycles. The lowest BCUT2D eigenvalue weighted by molar-refractivity contribution is 0.868. The number of hydrogen-bond acceptors (Lipinski definition) is 2. The van der Waals surface area contributed by atoms with Gasteiger partial charge in [0.15, 0.2) is 5.82 Å². The molecule has 6 aromatic carbocycles. The molecule has 0 atom stereocenters. The SMILES string of the molecule is C1=Cc2c(n(-c3cc(-c4ccccc4)nc(-c4ccccc4)n3)c3ccc4c(c5ccccc5n4-c4cccc5ccccc45)c23)CC1. The Morgan fingerprint density at radius 2 is 1.21 bits per heavy atom. The standard InChI is InChI=1S/C44H30N4/c1-3-15-30(16-4-1)35-28-41(46-44(45-35)31-17-5-2-6-18-31)48-38-24-12-10-22-34(38)43-40(48)27-26-39-42(43)33-21-9-11-23-37(33)47(39)36-25-13-19-29-14-7-8-20-32(29)36/h1-11,13-23,25-28H,12,24H2. The number of benzene rings is 6. The highest BCUT2D eigenvalue weighted by Crippen LogP contribution is 2.43. The number of fused-ring (bicyclic) bond motifs is 8. The van der Waals surface area contributed by atoms with Crippen molar-refractivity contribution in [2.45, 2.75) is 12.8 Å². The Morgan fingerprint density at radius 1 is 0.521 bits per heavy atom. The summed E-state index contributed by atoms with van der Waals surface area (Å²) in [5, 5.41) is 6.28. The molecule has 3 aromatic heterocycles. The van der Waals surface area contributed by atoms with Crippen molar-refractivity contribution < 1.29 is 0 Å². The minimum Gasteiger partial charge on any atom is -0.309 e. The predicted octanol–water partition coefficient (Wildman–Crippen LogP) is 11.0. The van der Waals surface area contributed by atoms with Crippen LogP contribution in [0.15, 0.2) is 152 Å². The van der Waals surface area contributed by atoms with E-state index in [9.17, 15) is 0 Å². The van der Waals surface area contributed by atoms with Crippen LogP contribution in [0.25, 0.3) is 83.7 Å². The normalized spacial score (nSPS) is 12.8. The van der Waals surface area contributed by atoms with Crippen LogP contribution in [-0.2, 0) is 6.42 Å². The maximum atomic E-state index is 5.28. The van der Waals surface area contributed by atoms with Gasteiger partial charge in [0.2, 0.25) is 0 Å². The summed E-state index contributed by atoms with van der Waals surface area (Å²) in [6.45, 7) is 0. The zero-order chi connectivity index (χ0) is 31.6. The van der Waals surface area contributed by atoms with E-state index in [1.807, 2.05) is 24.3 Å². The van der Waals surface area contributed by atoms with Crippen LogP contribution in [0.3, 0.4) is 0 Å². The molecule has 0 unspecified atom stereocenters. The molecular formula is C44H30N4. The van der Waals surface area contributed by atoms with Gasteiger partial charge in [-0.05, 0) is 42.5 Å². The van der Waals surface area contributed by atoms with Crippen molar-refractivity contribution in [2.75, 3.05) is 0 Å². The van der Waals surface area contributed by atoms with Crippen LogP contribution in [0.1, 0.15) is 17.7 Å². The highest BCUT2D eigenvalue weighted by Gasteiger charge is 2.25. The third-order valence-electron chi connectivity index (χ3n) is 9.79. The van der Waals surface area contributed by atoms with Gasteiger partial charge in [0.1, 0.15) is 5.82 Å². The minimum atomic E-state index is 0.725. The average molecular weight is 615 g/mol. The highest BCUT2D eigenvalue weighted by atomic mass is 15.1. The monoisotopic (exact) mass is 614 g/mol. The van der Waals surface area contributed by atoms with E-state index in [1.165, 1.54) is 54.9 Å². The molecule has 0 fully saturated rings. The van der Waals surface area contributed by atoms with E-state index in [4.69, 9.17) is 9.97 Å². The fourth-order valence-electron chi connectivity index (χ4n) is 7.71. The largest absolute Gasteiger partial charge is 0.309 e.